The van der Waals surface area contributed by atoms with E-state index in [2.05, 4.69) is 31.4 Å². The number of halogens is 2. The van der Waals surface area contributed by atoms with Crippen molar-refractivity contribution in [3.63, 3.8) is 0 Å². The third kappa shape index (κ3) is 3.53. The van der Waals surface area contributed by atoms with Crippen molar-refractivity contribution in [1.29, 1.82) is 0 Å². The second-order valence-electron chi connectivity index (χ2n) is 9.30. The van der Waals surface area contributed by atoms with Gasteiger partial charge in [0.25, 0.3) is 0 Å². The van der Waals surface area contributed by atoms with Crippen molar-refractivity contribution >= 4 is 40.8 Å². The number of rotatable bonds is 5. The van der Waals surface area contributed by atoms with Gasteiger partial charge in [0.2, 0.25) is 5.91 Å². The van der Waals surface area contributed by atoms with Gasteiger partial charge >= 0.3 is 5.97 Å². The van der Waals surface area contributed by atoms with Crippen LogP contribution in [0.15, 0.2) is 42.5 Å². The lowest BCUT2D eigenvalue weighted by molar-refractivity contribution is -0.139. The first-order valence-electron chi connectivity index (χ1n) is 10.5. The van der Waals surface area contributed by atoms with Gasteiger partial charge in [0.05, 0.1) is 0 Å². The smallest absolute Gasteiger partial charge is 0.321 e. The molecule has 0 aliphatic carbocycles. The van der Waals surface area contributed by atoms with E-state index in [-0.39, 0.29) is 17.4 Å². The Morgan fingerprint density at radius 3 is 2.52 bits per heavy atom. The summed E-state index contributed by atoms with van der Waals surface area (Å²) in [7, 11) is 0. The second-order valence-corrected chi connectivity index (χ2v) is 10.2. The molecular formula is C24H26Cl2N2O3. The number of carbonyl (C=O) groups is 2. The Morgan fingerprint density at radius 2 is 1.87 bits per heavy atom. The van der Waals surface area contributed by atoms with Crippen molar-refractivity contribution in [2.24, 2.45) is 5.41 Å². The average molecular weight is 461 g/mol. The first-order chi connectivity index (χ1) is 14.6. The summed E-state index contributed by atoms with van der Waals surface area (Å²) < 4.78 is 0. The number of benzene rings is 2. The normalized spacial score (nSPS) is 27.4. The van der Waals surface area contributed by atoms with Gasteiger partial charge in [0, 0.05) is 27.7 Å². The predicted molar refractivity (Wildman–Crippen MR) is 123 cm³/mol. The topological polar surface area (TPSA) is 78.4 Å². The molecule has 5 nitrogen and oxygen atoms in total. The van der Waals surface area contributed by atoms with Crippen LogP contribution in [0.1, 0.15) is 50.7 Å². The number of amides is 1. The van der Waals surface area contributed by atoms with Crippen LogP contribution >= 0.6 is 23.2 Å². The molecule has 4 atom stereocenters. The van der Waals surface area contributed by atoms with Crippen LogP contribution < -0.4 is 10.6 Å². The van der Waals surface area contributed by atoms with Crippen LogP contribution in [0.5, 0.6) is 0 Å². The lowest BCUT2D eigenvalue weighted by Crippen LogP contribution is -2.49. The number of aliphatic carboxylic acids is 1. The predicted octanol–water partition coefficient (Wildman–Crippen LogP) is 5.22. The molecule has 2 aromatic carbocycles. The maximum Gasteiger partial charge on any atom is 0.321 e. The zero-order valence-corrected chi connectivity index (χ0v) is 19.2. The number of carboxylic acid groups (broad SMARTS) is 1. The van der Waals surface area contributed by atoms with Gasteiger partial charge < -0.3 is 10.4 Å². The van der Waals surface area contributed by atoms with Crippen molar-refractivity contribution in [2.75, 3.05) is 5.32 Å². The fraction of sp³-hybridized carbons (Fsp3) is 0.417. The summed E-state index contributed by atoms with van der Waals surface area (Å²) in [5, 5.41) is 17.5. The first kappa shape index (κ1) is 22.1. The van der Waals surface area contributed by atoms with Crippen molar-refractivity contribution in [2.45, 2.75) is 57.0 Å². The molecule has 0 aromatic heterocycles. The highest BCUT2D eigenvalue weighted by Crippen LogP contribution is 2.56. The van der Waals surface area contributed by atoms with Gasteiger partial charge in [-0.3, -0.25) is 14.9 Å². The molecule has 0 bridgehead atoms. The fourth-order valence-corrected chi connectivity index (χ4v) is 5.56. The van der Waals surface area contributed by atoms with Gasteiger partial charge in [-0.2, -0.15) is 0 Å². The molecule has 1 amide bonds. The zero-order chi connectivity index (χ0) is 22.6. The first-order valence-corrected chi connectivity index (χ1v) is 11.2. The van der Waals surface area contributed by atoms with Crippen LogP contribution in [0, 0.1) is 5.41 Å². The van der Waals surface area contributed by atoms with Crippen molar-refractivity contribution in [3.05, 3.63) is 63.6 Å². The SMILES string of the molecule is CCC(C)(C)C[C@H]1N[C@@H](C(=O)O)[C@H](c2cccc(Cl)c2)[C@@]12C(=O)Nc1cc(Cl)ccc12. The number of carbonyl (C=O) groups excluding carboxylic acids is 1. The van der Waals surface area contributed by atoms with Crippen LogP contribution in [0.3, 0.4) is 0 Å². The molecule has 1 fully saturated rings. The number of nitrogens with one attached hydrogen (secondary N) is 2. The van der Waals surface area contributed by atoms with E-state index in [4.69, 9.17) is 23.2 Å². The molecule has 2 aliphatic rings. The van der Waals surface area contributed by atoms with Crippen LogP contribution in [0.2, 0.25) is 10.0 Å². The molecule has 1 saturated heterocycles. The van der Waals surface area contributed by atoms with Gasteiger partial charge in [-0.15, -0.1) is 0 Å². The number of fused-ring (bicyclic) bond motifs is 2. The maximum atomic E-state index is 13.8. The molecule has 164 valence electrons. The van der Waals surface area contributed by atoms with Crippen LogP contribution in [-0.4, -0.2) is 29.1 Å². The Bertz CT molecular complexity index is 1050. The van der Waals surface area contributed by atoms with Crippen LogP contribution in [0.4, 0.5) is 5.69 Å². The van der Waals surface area contributed by atoms with Gasteiger partial charge in [-0.1, -0.05) is 68.6 Å². The van der Waals surface area contributed by atoms with Crippen molar-refractivity contribution in [1.82, 2.24) is 5.32 Å². The van der Waals surface area contributed by atoms with Crippen molar-refractivity contribution < 1.29 is 14.7 Å². The third-order valence-electron chi connectivity index (χ3n) is 6.99. The van der Waals surface area contributed by atoms with E-state index < -0.39 is 23.3 Å². The Hall–Kier alpha value is -2.08. The van der Waals surface area contributed by atoms with E-state index in [1.807, 2.05) is 12.1 Å². The summed E-state index contributed by atoms with van der Waals surface area (Å²) in [5.41, 5.74) is 0.950. The highest BCUT2D eigenvalue weighted by Gasteiger charge is 2.65. The fourth-order valence-electron chi connectivity index (χ4n) is 5.19. The van der Waals surface area contributed by atoms with Gasteiger partial charge in [-0.25, -0.2) is 0 Å². The van der Waals surface area contributed by atoms with E-state index in [1.54, 1.807) is 30.3 Å². The minimum Gasteiger partial charge on any atom is -0.480 e. The molecule has 0 unspecified atom stereocenters. The minimum absolute atomic E-state index is 0.0909. The summed E-state index contributed by atoms with van der Waals surface area (Å²) in [6, 6.07) is 11.2. The number of anilines is 1. The van der Waals surface area contributed by atoms with E-state index in [0.717, 1.165) is 17.5 Å². The Kier molecular flexibility index (Phi) is 5.57. The summed E-state index contributed by atoms with van der Waals surface area (Å²) in [4.78, 5) is 26.2. The Balaban J connectivity index is 1.99. The van der Waals surface area contributed by atoms with E-state index >= 15 is 0 Å². The van der Waals surface area contributed by atoms with E-state index in [0.29, 0.717) is 22.2 Å². The lowest BCUT2D eigenvalue weighted by atomic mass is 9.62. The molecule has 1 spiro atoms. The van der Waals surface area contributed by atoms with Crippen molar-refractivity contribution in [3.8, 4) is 0 Å². The Labute approximate surface area is 192 Å². The van der Waals surface area contributed by atoms with E-state index in [1.165, 1.54) is 0 Å². The van der Waals surface area contributed by atoms with Crippen LogP contribution in [-0.2, 0) is 15.0 Å². The van der Waals surface area contributed by atoms with Gasteiger partial charge in [0.1, 0.15) is 11.5 Å². The highest BCUT2D eigenvalue weighted by molar-refractivity contribution is 6.31. The molecule has 0 radical (unpaired) electrons. The average Bonchev–Trinajstić information content (AvgIpc) is 3.17. The van der Waals surface area contributed by atoms with Gasteiger partial charge in [0.15, 0.2) is 0 Å². The molecular weight excluding hydrogens is 435 g/mol. The summed E-state index contributed by atoms with van der Waals surface area (Å²) >= 11 is 12.5. The summed E-state index contributed by atoms with van der Waals surface area (Å²) in [6.07, 6.45) is 1.54. The lowest BCUT2D eigenvalue weighted by Gasteiger charge is -2.38. The minimum atomic E-state index is -1.10. The quantitative estimate of drug-likeness (QED) is 0.571. The highest BCUT2D eigenvalue weighted by atomic mass is 35.5. The molecule has 2 aliphatic heterocycles. The molecule has 7 heteroatoms. The maximum absolute atomic E-state index is 13.8. The standard InChI is InChI=1S/C24H26Cl2N2O3/c1-4-23(2,3)12-18-24(16-9-8-15(26)11-17(16)27-22(24)31)19(20(28-18)21(29)30)13-6-5-7-14(25)10-13/h5-11,18-20,28H,4,12H2,1-3H3,(H,27,31)(H,29,30)/t18-,19+,20-,24+/m1/s1. The summed E-state index contributed by atoms with van der Waals surface area (Å²) in [5.74, 6) is -1.83. The molecule has 3 N–H and O–H groups in total. The number of hydrogen-bond donors (Lipinski definition) is 3. The van der Waals surface area contributed by atoms with Gasteiger partial charge in [-0.05, 0) is 47.2 Å². The monoisotopic (exact) mass is 460 g/mol. The van der Waals surface area contributed by atoms with Crippen LogP contribution in [0.25, 0.3) is 0 Å². The number of carboxylic acids is 1. The third-order valence-corrected chi connectivity index (χ3v) is 7.46. The Morgan fingerprint density at radius 1 is 1.16 bits per heavy atom. The zero-order valence-electron chi connectivity index (χ0n) is 17.7. The summed E-state index contributed by atoms with van der Waals surface area (Å²) in [6.45, 7) is 6.38. The molecule has 2 heterocycles. The molecule has 4 rings (SSSR count). The van der Waals surface area contributed by atoms with E-state index in [9.17, 15) is 14.7 Å². The molecule has 31 heavy (non-hydrogen) atoms. The molecule has 2 aromatic rings. The second kappa shape index (κ2) is 7.80. The molecule has 0 saturated carbocycles. The number of hydrogen-bond acceptors (Lipinski definition) is 3. The largest absolute Gasteiger partial charge is 0.480 e.